The van der Waals surface area contributed by atoms with Gasteiger partial charge in [0.05, 0.1) is 19.8 Å². The average molecular weight is 355 g/mol. The maximum absolute atomic E-state index is 12.0. The molecule has 0 amide bonds. The van der Waals surface area contributed by atoms with Crippen molar-refractivity contribution in [1.82, 2.24) is 0 Å². The molecule has 0 spiro atoms. The summed E-state index contributed by atoms with van der Waals surface area (Å²) in [6.45, 7) is 4.46. The Bertz CT molecular complexity index is 497. The first-order valence-corrected chi connectivity index (χ1v) is 9.17. The molecule has 1 aromatic rings. The van der Waals surface area contributed by atoms with E-state index in [0.29, 0.717) is 26.4 Å². The highest BCUT2D eigenvalue weighted by atomic mass is 35.5. The molecular formula is C19H27ClO4. The lowest BCUT2D eigenvalue weighted by Crippen LogP contribution is -2.27. The standard InChI is InChI=1S/C19H27ClO4/c1-2-3-13-23-18(21)19(15-24-19)11-4-5-12-22-14-10-16-6-8-17(20)9-7-16/h6-9H,2-5,10-15H2,1H3. The number of unbranched alkanes of at least 4 members (excludes halogenated alkanes) is 2. The third-order valence-electron chi connectivity index (χ3n) is 4.16. The molecule has 0 saturated carbocycles. The molecule has 1 aromatic carbocycles. The summed E-state index contributed by atoms with van der Waals surface area (Å²) in [5, 5.41) is 0.754. The van der Waals surface area contributed by atoms with Gasteiger partial charge in [-0.2, -0.15) is 0 Å². The van der Waals surface area contributed by atoms with Gasteiger partial charge in [0.15, 0.2) is 5.60 Å². The highest BCUT2D eigenvalue weighted by Gasteiger charge is 2.53. The number of rotatable bonds is 12. The average Bonchev–Trinajstić information content (AvgIpc) is 3.37. The Hall–Kier alpha value is -1.10. The van der Waals surface area contributed by atoms with Gasteiger partial charge in [0.25, 0.3) is 0 Å². The summed E-state index contributed by atoms with van der Waals surface area (Å²) in [7, 11) is 0. The van der Waals surface area contributed by atoms with Gasteiger partial charge in [-0.3, -0.25) is 0 Å². The molecule has 0 N–H and O–H groups in total. The molecular weight excluding hydrogens is 328 g/mol. The second-order valence-corrected chi connectivity index (χ2v) is 6.65. The Labute approximate surface area is 149 Å². The van der Waals surface area contributed by atoms with Crippen molar-refractivity contribution in [3.63, 3.8) is 0 Å². The molecule has 1 aliphatic heterocycles. The minimum atomic E-state index is -0.656. The molecule has 1 aliphatic rings. The molecule has 5 heteroatoms. The summed E-state index contributed by atoms with van der Waals surface area (Å²) in [4.78, 5) is 12.0. The number of carbonyl (C=O) groups is 1. The van der Waals surface area contributed by atoms with Crippen LogP contribution in [-0.2, 0) is 25.4 Å². The van der Waals surface area contributed by atoms with Crippen LogP contribution in [0.4, 0.5) is 0 Å². The van der Waals surface area contributed by atoms with Crippen LogP contribution >= 0.6 is 11.6 Å². The highest BCUT2D eigenvalue weighted by molar-refractivity contribution is 6.30. The summed E-state index contributed by atoms with van der Waals surface area (Å²) in [5.41, 5.74) is 0.566. The van der Waals surface area contributed by atoms with Crippen molar-refractivity contribution in [3.05, 3.63) is 34.9 Å². The minimum absolute atomic E-state index is 0.195. The summed E-state index contributed by atoms with van der Waals surface area (Å²) < 4.78 is 16.3. The SMILES string of the molecule is CCCCOC(=O)C1(CCCCOCCc2ccc(Cl)cc2)CO1. The largest absolute Gasteiger partial charge is 0.463 e. The van der Waals surface area contributed by atoms with Crippen molar-refractivity contribution in [2.24, 2.45) is 0 Å². The lowest BCUT2D eigenvalue weighted by molar-refractivity contribution is -0.150. The van der Waals surface area contributed by atoms with Crippen LogP contribution in [0.2, 0.25) is 5.02 Å². The molecule has 1 heterocycles. The number of hydrogen-bond acceptors (Lipinski definition) is 4. The molecule has 1 unspecified atom stereocenters. The van der Waals surface area contributed by atoms with Crippen LogP contribution in [0.15, 0.2) is 24.3 Å². The fraction of sp³-hybridized carbons (Fsp3) is 0.632. The summed E-state index contributed by atoms with van der Waals surface area (Å²) in [5.74, 6) is -0.195. The lowest BCUT2D eigenvalue weighted by atomic mass is 10.0. The van der Waals surface area contributed by atoms with Gasteiger partial charge in [-0.05, 0) is 49.8 Å². The Morgan fingerprint density at radius 2 is 1.92 bits per heavy atom. The zero-order valence-corrected chi connectivity index (χ0v) is 15.1. The molecule has 0 aliphatic carbocycles. The molecule has 24 heavy (non-hydrogen) atoms. The van der Waals surface area contributed by atoms with E-state index in [-0.39, 0.29) is 5.97 Å². The predicted octanol–water partition coefficient (Wildman–Crippen LogP) is 4.18. The van der Waals surface area contributed by atoms with Crippen molar-refractivity contribution in [2.75, 3.05) is 26.4 Å². The number of halogens is 1. The first-order valence-electron chi connectivity index (χ1n) is 8.80. The van der Waals surface area contributed by atoms with E-state index in [0.717, 1.165) is 43.5 Å². The highest BCUT2D eigenvalue weighted by Crippen LogP contribution is 2.34. The first-order chi connectivity index (χ1) is 11.7. The molecule has 4 nitrogen and oxygen atoms in total. The number of carbonyl (C=O) groups excluding carboxylic acids is 1. The van der Waals surface area contributed by atoms with E-state index in [2.05, 4.69) is 6.92 Å². The molecule has 1 atom stereocenters. The van der Waals surface area contributed by atoms with Crippen molar-refractivity contribution in [2.45, 2.75) is 51.0 Å². The van der Waals surface area contributed by atoms with Gasteiger partial charge < -0.3 is 14.2 Å². The van der Waals surface area contributed by atoms with E-state index in [4.69, 9.17) is 25.8 Å². The number of ether oxygens (including phenoxy) is 3. The van der Waals surface area contributed by atoms with E-state index >= 15 is 0 Å². The number of benzene rings is 1. The van der Waals surface area contributed by atoms with Gasteiger partial charge in [0.1, 0.15) is 0 Å². The van der Waals surface area contributed by atoms with Crippen LogP contribution in [0.25, 0.3) is 0 Å². The topological polar surface area (TPSA) is 48.1 Å². The van der Waals surface area contributed by atoms with Crippen molar-refractivity contribution in [3.8, 4) is 0 Å². The zero-order chi connectivity index (χ0) is 17.3. The lowest BCUT2D eigenvalue weighted by Gasteiger charge is -2.11. The Morgan fingerprint density at radius 1 is 1.17 bits per heavy atom. The number of esters is 1. The quantitative estimate of drug-likeness (QED) is 0.321. The molecule has 1 saturated heterocycles. The molecule has 0 aromatic heterocycles. The summed E-state index contributed by atoms with van der Waals surface area (Å²) in [6, 6.07) is 7.82. The first kappa shape index (κ1) is 19.2. The summed E-state index contributed by atoms with van der Waals surface area (Å²) in [6.07, 6.45) is 5.36. The fourth-order valence-corrected chi connectivity index (χ4v) is 2.58. The third-order valence-corrected chi connectivity index (χ3v) is 4.42. The van der Waals surface area contributed by atoms with E-state index in [1.54, 1.807) is 0 Å². The van der Waals surface area contributed by atoms with Crippen LogP contribution in [0.3, 0.4) is 0 Å². The second-order valence-electron chi connectivity index (χ2n) is 6.22. The molecule has 0 radical (unpaired) electrons. The maximum Gasteiger partial charge on any atom is 0.340 e. The molecule has 2 rings (SSSR count). The zero-order valence-electron chi connectivity index (χ0n) is 14.4. The molecule has 0 bridgehead atoms. The van der Waals surface area contributed by atoms with Crippen LogP contribution < -0.4 is 0 Å². The Kier molecular flexibility index (Phi) is 8.03. The monoisotopic (exact) mass is 354 g/mol. The van der Waals surface area contributed by atoms with Gasteiger partial charge in [0.2, 0.25) is 0 Å². The molecule has 1 fully saturated rings. The van der Waals surface area contributed by atoms with Gasteiger partial charge in [-0.15, -0.1) is 0 Å². The van der Waals surface area contributed by atoms with Crippen molar-refractivity contribution < 1.29 is 19.0 Å². The third kappa shape index (κ3) is 6.42. The minimum Gasteiger partial charge on any atom is -0.463 e. The number of epoxide rings is 1. The second kappa shape index (κ2) is 10.0. The van der Waals surface area contributed by atoms with Gasteiger partial charge >= 0.3 is 5.97 Å². The van der Waals surface area contributed by atoms with Gasteiger partial charge in [-0.25, -0.2) is 4.79 Å². The maximum atomic E-state index is 12.0. The predicted molar refractivity (Wildman–Crippen MR) is 94.4 cm³/mol. The van der Waals surface area contributed by atoms with E-state index in [1.807, 2.05) is 24.3 Å². The Morgan fingerprint density at radius 3 is 2.58 bits per heavy atom. The van der Waals surface area contributed by atoms with E-state index in [1.165, 1.54) is 5.56 Å². The van der Waals surface area contributed by atoms with Crippen LogP contribution in [0, 0.1) is 0 Å². The summed E-state index contributed by atoms with van der Waals surface area (Å²) >= 11 is 5.86. The Balaban J connectivity index is 1.50. The van der Waals surface area contributed by atoms with Crippen LogP contribution in [0.1, 0.15) is 44.6 Å². The fourth-order valence-electron chi connectivity index (χ4n) is 2.45. The number of hydrogen-bond donors (Lipinski definition) is 0. The van der Waals surface area contributed by atoms with Gasteiger partial charge in [-0.1, -0.05) is 37.1 Å². The van der Waals surface area contributed by atoms with Crippen LogP contribution in [0.5, 0.6) is 0 Å². The van der Waals surface area contributed by atoms with Crippen molar-refractivity contribution >= 4 is 17.6 Å². The van der Waals surface area contributed by atoms with Crippen molar-refractivity contribution in [1.29, 1.82) is 0 Å². The normalized spacial score (nSPS) is 19.2. The van der Waals surface area contributed by atoms with E-state index in [9.17, 15) is 4.79 Å². The van der Waals surface area contributed by atoms with E-state index < -0.39 is 5.60 Å². The molecule has 134 valence electrons. The van der Waals surface area contributed by atoms with Crippen LogP contribution in [-0.4, -0.2) is 38.0 Å². The smallest absolute Gasteiger partial charge is 0.340 e. The van der Waals surface area contributed by atoms with Gasteiger partial charge in [0, 0.05) is 11.6 Å².